The van der Waals surface area contributed by atoms with Gasteiger partial charge in [0.1, 0.15) is 11.9 Å². The fraction of sp³-hybridized carbons (Fsp3) is 0.318. The summed E-state index contributed by atoms with van der Waals surface area (Å²) in [4.78, 5) is 32.0. The van der Waals surface area contributed by atoms with E-state index in [2.05, 4.69) is 37.1 Å². The zero-order chi connectivity index (χ0) is 20.8. The van der Waals surface area contributed by atoms with Gasteiger partial charge in [-0.2, -0.15) is 0 Å². The molecule has 3 heterocycles. The first kappa shape index (κ1) is 18.6. The highest BCUT2D eigenvalue weighted by molar-refractivity contribution is 5.98. The van der Waals surface area contributed by atoms with Crippen molar-refractivity contribution in [3.05, 3.63) is 60.6 Å². The number of hydrogen-bond donors (Lipinski definition) is 1. The summed E-state index contributed by atoms with van der Waals surface area (Å²) in [7, 11) is 0. The van der Waals surface area contributed by atoms with Gasteiger partial charge in [0.2, 0.25) is 5.91 Å². The van der Waals surface area contributed by atoms with Gasteiger partial charge in [-0.1, -0.05) is 13.0 Å². The summed E-state index contributed by atoms with van der Waals surface area (Å²) >= 11 is 0. The summed E-state index contributed by atoms with van der Waals surface area (Å²) in [5.41, 5.74) is 2.35. The average Bonchev–Trinajstić information content (AvgIpc) is 3.20. The molecule has 0 radical (unpaired) electrons. The Balaban J connectivity index is 0.00000231. The normalized spacial score (nSPS) is 24.4. The van der Waals surface area contributed by atoms with Gasteiger partial charge in [0.15, 0.2) is 11.6 Å². The number of benzene rings is 1. The van der Waals surface area contributed by atoms with Crippen LogP contribution in [0.5, 0.6) is 0 Å². The van der Waals surface area contributed by atoms with E-state index in [1.807, 2.05) is 25.1 Å². The lowest BCUT2D eigenvalue weighted by atomic mass is 10.1. The number of fused-ring (bicyclic) bond motifs is 1. The van der Waals surface area contributed by atoms with Gasteiger partial charge in [-0.15, -0.1) is 0 Å². The van der Waals surface area contributed by atoms with Crippen LogP contribution in [0.4, 0.5) is 15.9 Å². The summed E-state index contributed by atoms with van der Waals surface area (Å²) in [5, 5.41) is 3.03. The van der Waals surface area contributed by atoms with Crippen LogP contribution in [0, 0.1) is 24.6 Å². The van der Waals surface area contributed by atoms with Crippen LogP contribution in [0.25, 0.3) is 11.4 Å². The average molecular weight is 406 g/mol. The van der Waals surface area contributed by atoms with E-state index in [0.717, 1.165) is 35.8 Å². The van der Waals surface area contributed by atoms with E-state index in [-0.39, 0.29) is 13.4 Å². The number of rotatable bonds is 4. The van der Waals surface area contributed by atoms with Gasteiger partial charge < -0.3 is 10.2 Å². The predicted molar refractivity (Wildman–Crippen MR) is 112 cm³/mol. The predicted octanol–water partition coefficient (Wildman–Crippen LogP) is 3.48. The molecule has 4 atom stereocenters. The van der Waals surface area contributed by atoms with E-state index in [1.54, 1.807) is 18.6 Å². The highest BCUT2D eigenvalue weighted by Gasteiger charge is 2.60. The smallest absolute Gasteiger partial charge is 0.247 e. The van der Waals surface area contributed by atoms with Crippen LogP contribution in [0.2, 0.25) is 0 Å². The van der Waals surface area contributed by atoms with E-state index in [1.165, 1.54) is 0 Å². The van der Waals surface area contributed by atoms with Crippen molar-refractivity contribution in [3.8, 4) is 11.4 Å². The van der Waals surface area contributed by atoms with Crippen LogP contribution in [-0.4, -0.2) is 37.9 Å². The lowest BCUT2D eigenvalue weighted by Gasteiger charge is -2.28. The minimum atomic E-state index is -0.487. The molecule has 5 rings (SSSR count). The number of halogens is 1. The summed E-state index contributed by atoms with van der Waals surface area (Å²) in [6, 6.07) is 5.61. The molecule has 1 N–H and O–H groups in total. The van der Waals surface area contributed by atoms with Gasteiger partial charge in [-0.25, -0.2) is 19.3 Å². The van der Waals surface area contributed by atoms with Crippen LogP contribution in [0.15, 0.2) is 49.2 Å². The van der Waals surface area contributed by atoms with E-state index < -0.39 is 5.82 Å². The maximum atomic E-state index is 13.2. The Labute approximate surface area is 174 Å². The van der Waals surface area contributed by atoms with Gasteiger partial charge in [0.05, 0.1) is 18.6 Å². The van der Waals surface area contributed by atoms with Crippen LogP contribution >= 0.6 is 0 Å². The second-order valence-corrected chi connectivity index (χ2v) is 7.98. The molecule has 1 aliphatic heterocycles. The third-order valence-electron chi connectivity index (χ3n) is 6.15. The van der Waals surface area contributed by atoms with Crippen molar-refractivity contribution in [1.82, 2.24) is 19.9 Å². The third-order valence-corrected chi connectivity index (χ3v) is 6.15. The molecule has 1 saturated carbocycles. The lowest BCUT2D eigenvalue weighted by molar-refractivity contribution is -0.117. The highest BCUT2D eigenvalue weighted by Crippen LogP contribution is 2.54. The topological polar surface area (TPSA) is 83.9 Å². The van der Waals surface area contributed by atoms with Gasteiger partial charge >= 0.3 is 0 Å². The number of hydrogen-bond acceptors (Lipinski definition) is 6. The first-order valence-electron chi connectivity index (χ1n) is 9.96. The number of nitrogens with zero attached hydrogens (tertiary/aromatic N) is 5. The zero-order valence-corrected chi connectivity index (χ0v) is 16.7. The van der Waals surface area contributed by atoms with Gasteiger partial charge in [-0.05, 0) is 42.9 Å². The van der Waals surface area contributed by atoms with Crippen molar-refractivity contribution in [2.75, 3.05) is 10.2 Å². The van der Waals surface area contributed by atoms with E-state index in [9.17, 15) is 9.18 Å². The zero-order valence-electron chi connectivity index (χ0n) is 16.7. The van der Waals surface area contributed by atoms with Crippen molar-refractivity contribution < 1.29 is 10.6 Å². The molecular formula is C22H23FN6O. The molecule has 2 aliphatic rings. The first-order valence-corrected chi connectivity index (χ1v) is 9.96. The van der Waals surface area contributed by atoms with Crippen molar-refractivity contribution >= 4 is 17.4 Å². The van der Waals surface area contributed by atoms with Crippen molar-refractivity contribution in [1.29, 1.82) is 0 Å². The Morgan fingerprint density at radius 3 is 2.73 bits per heavy atom. The summed E-state index contributed by atoms with van der Waals surface area (Å²) < 4.78 is 13.2. The van der Waals surface area contributed by atoms with E-state index >= 15 is 0 Å². The monoisotopic (exact) mass is 406 g/mol. The van der Waals surface area contributed by atoms with Gasteiger partial charge in [0, 0.05) is 31.1 Å². The number of piperidine rings is 1. The van der Waals surface area contributed by atoms with Crippen LogP contribution < -0.4 is 10.2 Å². The van der Waals surface area contributed by atoms with Crippen LogP contribution in [-0.2, 0) is 4.79 Å². The first-order chi connectivity index (χ1) is 14.5. The molecule has 3 aromatic rings. The molecule has 1 amide bonds. The number of aromatic nitrogens is 4. The Kier molecular flexibility index (Phi) is 4.42. The molecule has 0 bridgehead atoms. The SMILES string of the molecule is Cc1ccc(NC(=O)[C@H]2CC3C(C)C3N2c2cnccn2)cc1-c1ncc(F)cn1.[HH]. The summed E-state index contributed by atoms with van der Waals surface area (Å²) in [5.74, 6) is 1.65. The number of carbonyl (C=O) groups excluding carboxylic acids is 1. The van der Waals surface area contributed by atoms with Gasteiger partial charge in [-0.3, -0.25) is 9.78 Å². The minimum Gasteiger partial charge on any atom is -0.340 e. The van der Waals surface area contributed by atoms with E-state index in [0.29, 0.717) is 29.4 Å². The fourth-order valence-corrected chi connectivity index (χ4v) is 4.50. The number of amides is 1. The maximum Gasteiger partial charge on any atom is 0.247 e. The van der Waals surface area contributed by atoms with Crippen molar-refractivity contribution in [3.63, 3.8) is 0 Å². The largest absolute Gasteiger partial charge is 0.340 e. The molecule has 30 heavy (non-hydrogen) atoms. The number of anilines is 2. The number of aryl methyl sites for hydroxylation is 1. The molecule has 8 heteroatoms. The lowest BCUT2D eigenvalue weighted by Crippen LogP contribution is -2.43. The second kappa shape index (κ2) is 7.12. The minimum absolute atomic E-state index is 0. The Morgan fingerprint density at radius 2 is 2.00 bits per heavy atom. The number of carbonyl (C=O) groups is 1. The molecule has 154 valence electrons. The quantitative estimate of drug-likeness (QED) is 0.714. The summed E-state index contributed by atoms with van der Waals surface area (Å²) in [6.07, 6.45) is 8.07. The second-order valence-electron chi connectivity index (χ2n) is 7.98. The number of nitrogens with one attached hydrogen (secondary N) is 1. The Morgan fingerprint density at radius 1 is 1.20 bits per heavy atom. The highest BCUT2D eigenvalue weighted by atomic mass is 19.1. The molecule has 3 unspecified atom stereocenters. The molecule has 1 aliphatic carbocycles. The van der Waals surface area contributed by atoms with Crippen LogP contribution in [0.3, 0.4) is 0 Å². The molecule has 1 aromatic carbocycles. The molecule has 2 aromatic heterocycles. The molecule has 2 fully saturated rings. The molecular weight excluding hydrogens is 383 g/mol. The Hall–Kier alpha value is -3.42. The standard InChI is InChI=1S/C22H21FN6O.H2/c1-12-3-4-15(7-16(12)21-26-9-14(23)10-27-21)28-22(30)18-8-17-13(2)20(17)29(18)19-11-24-5-6-25-19;/h3-7,9-11,13,17-18,20H,8H2,1-2H3,(H,28,30);1H/t13?,17?,18-,20?;/m1./s1. The maximum absolute atomic E-state index is 13.2. The molecule has 1 saturated heterocycles. The van der Waals surface area contributed by atoms with E-state index in [4.69, 9.17) is 0 Å². The fourth-order valence-electron chi connectivity index (χ4n) is 4.50. The van der Waals surface area contributed by atoms with Gasteiger partial charge in [0.25, 0.3) is 0 Å². The Bertz CT molecular complexity index is 1100. The van der Waals surface area contributed by atoms with Crippen molar-refractivity contribution in [2.45, 2.75) is 32.4 Å². The van der Waals surface area contributed by atoms with Crippen LogP contribution in [0.1, 0.15) is 20.3 Å². The summed E-state index contributed by atoms with van der Waals surface area (Å²) in [6.45, 7) is 4.14. The molecule has 0 spiro atoms. The van der Waals surface area contributed by atoms with Crippen molar-refractivity contribution in [2.24, 2.45) is 11.8 Å². The molecule has 7 nitrogen and oxygen atoms in total. The third kappa shape index (κ3) is 3.18.